The summed E-state index contributed by atoms with van der Waals surface area (Å²) in [7, 11) is -3.89. The van der Waals surface area contributed by atoms with E-state index in [1.807, 2.05) is 0 Å². The number of nitrogens with one attached hydrogen (secondary N) is 3. The van der Waals surface area contributed by atoms with Crippen LogP contribution in [0.15, 0.2) is 36.4 Å². The molecular formula is C20H20F5N3O3S. The van der Waals surface area contributed by atoms with Crippen LogP contribution < -0.4 is 15.4 Å². The van der Waals surface area contributed by atoms with Crippen molar-refractivity contribution in [1.82, 2.24) is 5.32 Å². The Bertz CT molecular complexity index is 1110. The molecule has 0 atom stereocenters. The summed E-state index contributed by atoms with van der Waals surface area (Å²) in [6.07, 6.45) is -1.41. The Balaban J connectivity index is 2.10. The van der Waals surface area contributed by atoms with Crippen molar-refractivity contribution < 1.29 is 35.2 Å². The number of halogens is 5. The second kappa shape index (κ2) is 9.98. The van der Waals surface area contributed by atoms with E-state index in [9.17, 15) is 35.2 Å². The minimum absolute atomic E-state index is 0.0312. The van der Waals surface area contributed by atoms with E-state index in [1.54, 1.807) is 11.6 Å². The van der Waals surface area contributed by atoms with Gasteiger partial charge in [-0.25, -0.2) is 17.2 Å². The number of alkyl halides is 3. The first-order valence-corrected chi connectivity index (χ1v) is 11.1. The number of amides is 1. The molecule has 32 heavy (non-hydrogen) atoms. The van der Waals surface area contributed by atoms with E-state index in [4.69, 9.17) is 0 Å². The summed E-state index contributed by atoms with van der Waals surface area (Å²) in [6.45, 7) is 1.79. The van der Waals surface area contributed by atoms with Gasteiger partial charge in [-0.1, -0.05) is 6.07 Å². The lowest BCUT2D eigenvalue weighted by Crippen LogP contribution is -2.21. The normalized spacial score (nSPS) is 12.1. The zero-order chi connectivity index (χ0) is 24.1. The molecule has 2 rings (SSSR count). The molecule has 2 aromatic carbocycles. The van der Waals surface area contributed by atoms with E-state index in [-0.39, 0.29) is 17.8 Å². The molecule has 0 saturated carbocycles. The van der Waals surface area contributed by atoms with Crippen LogP contribution in [-0.4, -0.2) is 27.1 Å². The lowest BCUT2D eigenvalue weighted by atomic mass is 10.1. The Morgan fingerprint density at radius 3 is 2.25 bits per heavy atom. The van der Waals surface area contributed by atoms with Crippen molar-refractivity contribution in [3.05, 3.63) is 64.7 Å². The molecule has 1 amide bonds. The maximum absolute atomic E-state index is 14.0. The molecular weight excluding hydrogens is 457 g/mol. The van der Waals surface area contributed by atoms with E-state index >= 15 is 0 Å². The quantitative estimate of drug-likeness (QED) is 0.395. The summed E-state index contributed by atoms with van der Waals surface area (Å²) < 4.78 is 90.7. The molecule has 0 aliphatic carbocycles. The monoisotopic (exact) mass is 477 g/mol. The predicted molar refractivity (Wildman–Crippen MR) is 111 cm³/mol. The van der Waals surface area contributed by atoms with Crippen LogP contribution in [0.1, 0.15) is 23.6 Å². The highest BCUT2D eigenvalue weighted by atomic mass is 32.2. The third-order valence-electron chi connectivity index (χ3n) is 4.02. The molecule has 2 aromatic rings. The van der Waals surface area contributed by atoms with Gasteiger partial charge in [0.05, 0.1) is 11.8 Å². The van der Waals surface area contributed by atoms with Gasteiger partial charge in [0.15, 0.2) is 11.6 Å². The van der Waals surface area contributed by atoms with Gasteiger partial charge in [-0.2, -0.15) is 13.2 Å². The molecule has 0 fully saturated rings. The highest BCUT2D eigenvalue weighted by Crippen LogP contribution is 2.32. The van der Waals surface area contributed by atoms with Crippen LogP contribution >= 0.6 is 0 Å². The third-order valence-corrected chi connectivity index (χ3v) is 4.59. The summed E-state index contributed by atoms with van der Waals surface area (Å²) in [5.74, 6) is -2.97. The lowest BCUT2D eigenvalue weighted by Gasteiger charge is -2.12. The van der Waals surface area contributed by atoms with Gasteiger partial charge in [-0.3, -0.25) is 9.52 Å². The number of anilines is 2. The second-order valence-corrected chi connectivity index (χ2v) is 8.44. The van der Waals surface area contributed by atoms with Gasteiger partial charge in [0.25, 0.3) is 0 Å². The SMILES string of the molecule is CCNc1cc(C(F)(F)F)ccc1C=CC(=O)NCc1cc(F)c(NS(C)(=O)=O)c(F)c1. The zero-order valence-electron chi connectivity index (χ0n) is 17.0. The molecule has 0 aliphatic heterocycles. The average Bonchev–Trinajstić information content (AvgIpc) is 2.67. The molecule has 3 N–H and O–H groups in total. The molecule has 174 valence electrons. The first-order chi connectivity index (χ1) is 14.8. The summed E-state index contributed by atoms with van der Waals surface area (Å²) in [6, 6.07) is 4.75. The molecule has 0 heterocycles. The first kappa shape index (κ1) is 25.1. The van der Waals surface area contributed by atoms with Crippen LogP contribution in [0.4, 0.5) is 33.3 Å². The molecule has 0 radical (unpaired) electrons. The first-order valence-electron chi connectivity index (χ1n) is 9.17. The molecule has 0 unspecified atom stereocenters. The number of hydrogen-bond donors (Lipinski definition) is 3. The molecule has 0 bridgehead atoms. The highest BCUT2D eigenvalue weighted by Gasteiger charge is 2.30. The minimum Gasteiger partial charge on any atom is -0.385 e. The van der Waals surface area contributed by atoms with Crippen molar-refractivity contribution in [2.45, 2.75) is 19.6 Å². The summed E-state index contributed by atoms with van der Waals surface area (Å²) in [5.41, 5.74) is -1.12. The van der Waals surface area contributed by atoms with Gasteiger partial charge in [0.2, 0.25) is 15.9 Å². The molecule has 12 heteroatoms. The van der Waals surface area contributed by atoms with Gasteiger partial charge >= 0.3 is 6.18 Å². The maximum atomic E-state index is 14.0. The lowest BCUT2D eigenvalue weighted by molar-refractivity contribution is -0.137. The summed E-state index contributed by atoms with van der Waals surface area (Å²) in [4.78, 5) is 12.0. The Morgan fingerprint density at radius 2 is 1.72 bits per heavy atom. The Hall–Kier alpha value is -3.15. The van der Waals surface area contributed by atoms with Crippen molar-refractivity contribution in [3.8, 4) is 0 Å². The second-order valence-electron chi connectivity index (χ2n) is 6.69. The predicted octanol–water partition coefficient (Wildman–Crippen LogP) is 4.12. The fourth-order valence-electron chi connectivity index (χ4n) is 2.65. The Morgan fingerprint density at radius 1 is 1.09 bits per heavy atom. The number of hydrogen-bond acceptors (Lipinski definition) is 4. The van der Waals surface area contributed by atoms with Gasteiger partial charge in [-0.15, -0.1) is 0 Å². The summed E-state index contributed by atoms with van der Waals surface area (Å²) in [5, 5.41) is 5.17. The van der Waals surface area contributed by atoms with E-state index in [0.29, 0.717) is 12.1 Å². The Kier molecular flexibility index (Phi) is 7.83. The fraction of sp³-hybridized carbons (Fsp3) is 0.250. The Labute approximate surface area is 181 Å². The zero-order valence-corrected chi connectivity index (χ0v) is 17.8. The molecule has 0 spiro atoms. The van der Waals surface area contributed by atoms with Crippen molar-refractivity contribution in [2.75, 3.05) is 22.8 Å². The van der Waals surface area contributed by atoms with Crippen LogP contribution in [0.3, 0.4) is 0 Å². The van der Waals surface area contributed by atoms with Gasteiger partial charge < -0.3 is 10.6 Å². The van der Waals surface area contributed by atoms with Crippen molar-refractivity contribution in [3.63, 3.8) is 0 Å². The summed E-state index contributed by atoms with van der Waals surface area (Å²) >= 11 is 0. The van der Waals surface area contributed by atoms with Crippen LogP contribution in [0.2, 0.25) is 0 Å². The number of rotatable bonds is 8. The minimum atomic E-state index is -4.51. The number of benzene rings is 2. The average molecular weight is 477 g/mol. The van der Waals surface area contributed by atoms with Crippen LogP contribution in [0.5, 0.6) is 0 Å². The van der Waals surface area contributed by atoms with Crippen molar-refractivity contribution in [2.24, 2.45) is 0 Å². The standard InChI is InChI=1S/C20H20F5N3O3S/c1-3-26-17-10-14(20(23,24)25)6-4-13(17)5-7-18(29)27-11-12-8-15(21)19(16(22)9-12)28-32(2,30)31/h4-10,26,28H,3,11H2,1-2H3,(H,27,29). The van der Waals surface area contributed by atoms with Crippen LogP contribution in [0.25, 0.3) is 6.08 Å². The van der Waals surface area contributed by atoms with Crippen LogP contribution in [-0.2, 0) is 27.5 Å². The number of sulfonamides is 1. The van der Waals surface area contributed by atoms with Crippen LogP contribution in [0, 0.1) is 11.6 Å². The topological polar surface area (TPSA) is 87.3 Å². The molecule has 0 aromatic heterocycles. The molecule has 0 aliphatic rings. The van der Waals surface area contributed by atoms with E-state index < -0.39 is 45.0 Å². The maximum Gasteiger partial charge on any atom is 0.416 e. The van der Waals surface area contributed by atoms with Crippen molar-refractivity contribution in [1.29, 1.82) is 0 Å². The third kappa shape index (κ3) is 7.22. The van der Waals surface area contributed by atoms with Gasteiger partial charge in [0.1, 0.15) is 5.69 Å². The molecule has 6 nitrogen and oxygen atoms in total. The number of carbonyl (C=O) groups is 1. The highest BCUT2D eigenvalue weighted by molar-refractivity contribution is 7.92. The van der Waals surface area contributed by atoms with Crippen molar-refractivity contribution >= 4 is 33.4 Å². The van der Waals surface area contributed by atoms with Gasteiger partial charge in [-0.05, 0) is 48.4 Å². The number of carbonyl (C=O) groups excluding carboxylic acids is 1. The van der Waals surface area contributed by atoms with E-state index in [0.717, 1.165) is 36.6 Å². The largest absolute Gasteiger partial charge is 0.416 e. The van der Waals surface area contributed by atoms with E-state index in [2.05, 4.69) is 10.6 Å². The fourth-order valence-corrected chi connectivity index (χ4v) is 3.21. The smallest absolute Gasteiger partial charge is 0.385 e. The molecule has 0 saturated heterocycles. The van der Waals surface area contributed by atoms with Gasteiger partial charge in [0, 0.05) is 24.9 Å². The van der Waals surface area contributed by atoms with E-state index in [1.165, 1.54) is 12.1 Å².